The highest BCUT2D eigenvalue weighted by molar-refractivity contribution is 9.09. The van der Waals surface area contributed by atoms with Crippen molar-refractivity contribution in [2.75, 3.05) is 5.33 Å². The maximum atomic E-state index is 12.3. The number of hydrogen-bond donors (Lipinski definition) is 1. The fraction of sp³-hybridized carbons (Fsp3) is 0.667. The van der Waals surface area contributed by atoms with Gasteiger partial charge in [0.25, 0.3) is 10.0 Å². The van der Waals surface area contributed by atoms with Crippen molar-refractivity contribution in [2.24, 2.45) is 0 Å². The minimum Gasteiger partial charge on any atom is -0.206 e. The van der Waals surface area contributed by atoms with E-state index < -0.39 is 15.6 Å². The van der Waals surface area contributed by atoms with Crippen molar-refractivity contribution < 1.29 is 8.42 Å². The van der Waals surface area contributed by atoms with E-state index in [2.05, 4.69) is 20.7 Å². The van der Waals surface area contributed by atoms with E-state index in [9.17, 15) is 8.42 Å². The summed E-state index contributed by atoms with van der Waals surface area (Å²) in [5.74, 6) is 0. The van der Waals surface area contributed by atoms with Crippen LogP contribution >= 0.6 is 27.3 Å². The highest BCUT2D eigenvalue weighted by Crippen LogP contribution is 2.26. The molecule has 0 aliphatic rings. The zero-order valence-electron chi connectivity index (χ0n) is 11.0. The van der Waals surface area contributed by atoms with Gasteiger partial charge in [-0.15, -0.1) is 11.3 Å². The van der Waals surface area contributed by atoms with Crippen LogP contribution in [0.1, 0.15) is 38.5 Å². The predicted molar refractivity (Wildman–Crippen MR) is 81.1 cm³/mol. The molecular weight excluding hydrogens is 334 g/mol. The lowest BCUT2D eigenvalue weighted by Crippen LogP contribution is -2.48. The summed E-state index contributed by atoms with van der Waals surface area (Å²) in [5.41, 5.74) is -0.394. The molecule has 0 aliphatic carbocycles. The van der Waals surface area contributed by atoms with Gasteiger partial charge >= 0.3 is 0 Å². The first-order valence-corrected chi connectivity index (χ1v) is 9.53. The second-order valence-electron chi connectivity index (χ2n) is 4.30. The van der Waals surface area contributed by atoms with Crippen molar-refractivity contribution in [3.05, 3.63) is 17.0 Å². The third-order valence-corrected chi connectivity index (χ3v) is 7.58. The summed E-state index contributed by atoms with van der Waals surface area (Å²) >= 11 is 4.76. The van der Waals surface area contributed by atoms with Crippen molar-refractivity contribution in [3.63, 3.8) is 0 Å². The molecule has 0 unspecified atom stereocenters. The predicted octanol–water partition coefficient (Wildman–Crippen LogP) is 3.54. The fourth-order valence-corrected chi connectivity index (χ4v) is 5.60. The summed E-state index contributed by atoms with van der Waals surface area (Å²) in [7, 11) is -3.40. The van der Waals surface area contributed by atoms with Gasteiger partial charge in [0.1, 0.15) is 4.21 Å². The van der Waals surface area contributed by atoms with Crippen molar-refractivity contribution in [1.82, 2.24) is 4.72 Å². The first-order chi connectivity index (χ1) is 8.43. The van der Waals surface area contributed by atoms with E-state index in [0.717, 1.165) is 24.1 Å². The average molecular weight is 354 g/mol. The second kappa shape index (κ2) is 6.50. The van der Waals surface area contributed by atoms with Gasteiger partial charge in [-0.3, -0.25) is 0 Å². The number of aryl methyl sites for hydroxylation is 1. The molecule has 0 aliphatic heterocycles. The highest BCUT2D eigenvalue weighted by atomic mass is 79.9. The highest BCUT2D eigenvalue weighted by Gasteiger charge is 2.31. The second-order valence-corrected chi connectivity index (χ2v) is 7.94. The van der Waals surface area contributed by atoms with Gasteiger partial charge in [-0.25, -0.2) is 13.1 Å². The molecule has 0 aromatic carbocycles. The summed E-state index contributed by atoms with van der Waals surface area (Å²) in [6.45, 7) is 6.02. The Kier molecular flexibility index (Phi) is 5.83. The van der Waals surface area contributed by atoms with E-state index in [1.165, 1.54) is 11.3 Å². The number of hydrogen-bond acceptors (Lipinski definition) is 3. The van der Waals surface area contributed by atoms with E-state index in [1.54, 1.807) is 6.07 Å². The maximum Gasteiger partial charge on any atom is 0.250 e. The maximum absolute atomic E-state index is 12.3. The number of halogens is 1. The Morgan fingerprint density at radius 2 is 1.89 bits per heavy atom. The Morgan fingerprint density at radius 1 is 1.28 bits per heavy atom. The van der Waals surface area contributed by atoms with Crippen LogP contribution in [0, 0.1) is 0 Å². The monoisotopic (exact) mass is 353 g/mol. The van der Waals surface area contributed by atoms with E-state index in [-0.39, 0.29) is 0 Å². The molecule has 0 saturated heterocycles. The Morgan fingerprint density at radius 3 is 2.28 bits per heavy atom. The standard InChI is InChI=1S/C12H20BrNO2S2/c1-4-10-7-8-11(17-10)18(15,16)14-12(5-2,6-3)9-13/h7-8,14H,4-6,9H2,1-3H3. The number of nitrogens with one attached hydrogen (secondary N) is 1. The molecule has 6 heteroatoms. The van der Waals surface area contributed by atoms with Crippen LogP contribution in [0.15, 0.2) is 16.3 Å². The van der Waals surface area contributed by atoms with Crippen LogP contribution in [0.3, 0.4) is 0 Å². The molecule has 1 aromatic heterocycles. The van der Waals surface area contributed by atoms with E-state index in [1.807, 2.05) is 26.8 Å². The molecule has 18 heavy (non-hydrogen) atoms. The molecule has 0 spiro atoms. The first kappa shape index (κ1) is 16.1. The van der Waals surface area contributed by atoms with Crippen LogP contribution < -0.4 is 4.72 Å². The van der Waals surface area contributed by atoms with Crippen LogP contribution in [0.5, 0.6) is 0 Å². The van der Waals surface area contributed by atoms with Gasteiger partial charge in [0.2, 0.25) is 0 Å². The van der Waals surface area contributed by atoms with Gasteiger partial charge in [-0.2, -0.15) is 0 Å². The van der Waals surface area contributed by atoms with Crippen molar-refractivity contribution in [3.8, 4) is 0 Å². The van der Waals surface area contributed by atoms with Gasteiger partial charge in [-0.1, -0.05) is 36.7 Å². The average Bonchev–Trinajstić information content (AvgIpc) is 2.85. The zero-order valence-corrected chi connectivity index (χ0v) is 14.2. The molecule has 0 atom stereocenters. The molecule has 0 fully saturated rings. The van der Waals surface area contributed by atoms with Crippen molar-refractivity contribution >= 4 is 37.3 Å². The molecule has 104 valence electrons. The molecule has 3 nitrogen and oxygen atoms in total. The van der Waals surface area contributed by atoms with Crippen molar-refractivity contribution in [2.45, 2.75) is 49.8 Å². The molecule has 0 bridgehead atoms. The van der Waals surface area contributed by atoms with Gasteiger partial charge in [0, 0.05) is 15.7 Å². The summed E-state index contributed by atoms with van der Waals surface area (Å²) in [6.07, 6.45) is 2.39. The van der Waals surface area contributed by atoms with Gasteiger partial charge in [0.15, 0.2) is 0 Å². The first-order valence-electron chi connectivity index (χ1n) is 6.11. The largest absolute Gasteiger partial charge is 0.250 e. The summed E-state index contributed by atoms with van der Waals surface area (Å²) in [5, 5.41) is 0.623. The molecule has 0 saturated carbocycles. The number of thiophene rings is 1. The van der Waals surface area contributed by atoms with Crippen LogP contribution in [0.25, 0.3) is 0 Å². The minimum absolute atomic E-state index is 0.394. The molecule has 1 aromatic rings. The van der Waals surface area contributed by atoms with E-state index >= 15 is 0 Å². The summed E-state index contributed by atoms with van der Waals surface area (Å²) in [6, 6.07) is 3.57. The molecule has 1 N–H and O–H groups in total. The molecule has 0 radical (unpaired) electrons. The topological polar surface area (TPSA) is 46.2 Å². The summed E-state index contributed by atoms with van der Waals surface area (Å²) < 4.78 is 27.9. The fourth-order valence-electron chi connectivity index (χ4n) is 1.64. The van der Waals surface area contributed by atoms with E-state index in [4.69, 9.17) is 0 Å². The number of sulfonamides is 1. The van der Waals surface area contributed by atoms with Gasteiger partial charge in [0.05, 0.1) is 0 Å². The number of rotatable bonds is 7. The minimum atomic E-state index is -3.40. The Labute approximate surface area is 122 Å². The smallest absolute Gasteiger partial charge is 0.206 e. The third kappa shape index (κ3) is 3.56. The van der Waals surface area contributed by atoms with Crippen LogP contribution in [0.2, 0.25) is 0 Å². The molecule has 1 rings (SSSR count). The zero-order chi connectivity index (χ0) is 13.8. The Balaban J connectivity index is 3.00. The lowest BCUT2D eigenvalue weighted by molar-refractivity contribution is 0.399. The van der Waals surface area contributed by atoms with E-state index in [0.29, 0.717) is 9.54 Å². The third-order valence-electron chi connectivity index (χ3n) is 3.21. The van der Waals surface area contributed by atoms with Gasteiger partial charge in [-0.05, 0) is 31.4 Å². The molecule has 1 heterocycles. The van der Waals surface area contributed by atoms with Crippen LogP contribution in [-0.4, -0.2) is 19.3 Å². The Hall–Kier alpha value is 0.0900. The summed E-state index contributed by atoms with van der Waals surface area (Å²) in [4.78, 5) is 1.09. The van der Waals surface area contributed by atoms with Crippen molar-refractivity contribution in [1.29, 1.82) is 0 Å². The molecule has 0 amide bonds. The van der Waals surface area contributed by atoms with Crippen LogP contribution in [-0.2, 0) is 16.4 Å². The number of alkyl halides is 1. The molecular formula is C12H20BrNO2S2. The van der Waals surface area contributed by atoms with Crippen LogP contribution in [0.4, 0.5) is 0 Å². The lowest BCUT2D eigenvalue weighted by atomic mass is 9.97. The SMILES string of the molecule is CCc1ccc(S(=O)(=O)NC(CC)(CC)CBr)s1. The Bertz CT molecular complexity index is 470. The normalized spacial score (nSPS) is 12.9. The van der Waals surface area contributed by atoms with Gasteiger partial charge < -0.3 is 0 Å². The lowest BCUT2D eigenvalue weighted by Gasteiger charge is -2.30. The quantitative estimate of drug-likeness (QED) is 0.762.